The number of carbonyl (C=O) groups is 1. The first kappa shape index (κ1) is 15.6. The predicted octanol–water partition coefficient (Wildman–Crippen LogP) is 3.63. The first-order valence-electron chi connectivity index (χ1n) is 6.45. The fourth-order valence-electron chi connectivity index (χ4n) is 2.34. The highest BCUT2D eigenvalue weighted by Crippen LogP contribution is 2.34. The molecule has 1 aromatic rings. The molecule has 0 saturated carbocycles. The first-order valence-corrected chi connectivity index (χ1v) is 7.53. The molecule has 0 radical (unpaired) electrons. The van der Waals surface area contributed by atoms with Crippen LogP contribution in [0, 0.1) is 9.49 Å². The minimum atomic E-state index is -4.13. The van der Waals surface area contributed by atoms with Gasteiger partial charge in [0.05, 0.1) is 12.3 Å². The van der Waals surface area contributed by atoms with Crippen LogP contribution >= 0.6 is 22.6 Å². The van der Waals surface area contributed by atoms with Gasteiger partial charge in [-0.3, -0.25) is 4.79 Å². The number of carbonyl (C=O) groups excluding carboxylic acids is 1. The van der Waals surface area contributed by atoms with Gasteiger partial charge in [-0.1, -0.05) is 12.1 Å². The average Bonchev–Trinajstić information content (AvgIpc) is 2.40. The van der Waals surface area contributed by atoms with Crippen molar-refractivity contribution in [1.29, 1.82) is 0 Å². The minimum absolute atomic E-state index is 0.0158. The summed E-state index contributed by atoms with van der Waals surface area (Å²) < 4.78 is 38.7. The molecule has 6 heteroatoms. The summed E-state index contributed by atoms with van der Waals surface area (Å²) in [6.45, 7) is 0.404. The highest BCUT2D eigenvalue weighted by Gasteiger charge is 2.41. The summed E-state index contributed by atoms with van der Waals surface area (Å²) in [6.07, 6.45) is -3.84. The fourth-order valence-corrected chi connectivity index (χ4v) is 2.70. The molecule has 2 nitrogen and oxygen atoms in total. The number of rotatable bonds is 2. The molecular weight excluding hydrogens is 382 g/mol. The monoisotopic (exact) mass is 397 g/mol. The van der Waals surface area contributed by atoms with Crippen LogP contribution < -0.4 is 0 Å². The van der Waals surface area contributed by atoms with Gasteiger partial charge in [-0.05, 0) is 53.1 Å². The van der Waals surface area contributed by atoms with E-state index in [1.165, 1.54) is 0 Å². The molecule has 0 bridgehead atoms. The van der Waals surface area contributed by atoms with Crippen LogP contribution in [0.3, 0.4) is 0 Å². The van der Waals surface area contributed by atoms with Crippen LogP contribution in [0.25, 0.3) is 0 Å². The molecule has 1 aromatic carbocycles. The molecule has 1 fully saturated rings. The summed E-state index contributed by atoms with van der Waals surface area (Å²) in [6, 6.07) is 7.59. The van der Waals surface area contributed by atoms with E-state index in [2.05, 4.69) is 22.6 Å². The Labute approximate surface area is 129 Å². The second kappa shape index (κ2) is 6.32. The predicted molar refractivity (Wildman–Crippen MR) is 78.2 cm³/mol. The van der Waals surface area contributed by atoms with Crippen molar-refractivity contribution < 1.29 is 18.0 Å². The Balaban J connectivity index is 1.87. The molecule has 110 valence electrons. The lowest BCUT2D eigenvalue weighted by Crippen LogP contribution is -2.42. The van der Waals surface area contributed by atoms with Gasteiger partial charge in [0.15, 0.2) is 0 Å². The van der Waals surface area contributed by atoms with E-state index in [0.717, 1.165) is 9.13 Å². The Hall–Kier alpha value is -0.790. The highest BCUT2D eigenvalue weighted by atomic mass is 127. The normalized spacial score (nSPS) is 17.3. The Morgan fingerprint density at radius 2 is 1.75 bits per heavy atom. The van der Waals surface area contributed by atoms with Crippen LogP contribution in [0.15, 0.2) is 24.3 Å². The van der Waals surface area contributed by atoms with Crippen LogP contribution in [-0.4, -0.2) is 30.1 Å². The Bertz CT molecular complexity index is 464. The smallest absolute Gasteiger partial charge is 0.342 e. The lowest BCUT2D eigenvalue weighted by Gasteiger charge is -2.33. The van der Waals surface area contributed by atoms with Crippen LogP contribution in [0.1, 0.15) is 18.4 Å². The van der Waals surface area contributed by atoms with Gasteiger partial charge >= 0.3 is 6.18 Å². The van der Waals surface area contributed by atoms with E-state index in [-0.39, 0.29) is 38.3 Å². The van der Waals surface area contributed by atoms with E-state index in [1.807, 2.05) is 24.3 Å². The molecule has 0 aliphatic carbocycles. The van der Waals surface area contributed by atoms with Crippen molar-refractivity contribution in [2.45, 2.75) is 25.4 Å². The number of halogens is 4. The molecule has 1 aliphatic rings. The number of alkyl halides is 3. The molecule has 20 heavy (non-hydrogen) atoms. The van der Waals surface area contributed by atoms with Gasteiger partial charge in [-0.25, -0.2) is 0 Å². The third kappa shape index (κ3) is 4.10. The molecule has 1 amide bonds. The molecule has 0 N–H and O–H groups in total. The number of hydrogen-bond donors (Lipinski definition) is 0. The van der Waals surface area contributed by atoms with Crippen molar-refractivity contribution >= 4 is 28.5 Å². The van der Waals surface area contributed by atoms with Gasteiger partial charge < -0.3 is 4.90 Å². The standard InChI is InChI=1S/C14H15F3INO/c15-14(16,17)11-5-7-19(8-6-11)13(20)9-10-1-3-12(18)4-2-10/h1-4,11H,5-9H2. The molecule has 1 saturated heterocycles. The van der Waals surface area contributed by atoms with Gasteiger partial charge in [-0.15, -0.1) is 0 Å². The first-order chi connectivity index (χ1) is 9.36. The summed E-state index contributed by atoms with van der Waals surface area (Å²) in [5, 5.41) is 0. The number of hydrogen-bond acceptors (Lipinski definition) is 1. The van der Waals surface area contributed by atoms with Crippen molar-refractivity contribution in [3.8, 4) is 0 Å². The lowest BCUT2D eigenvalue weighted by molar-refractivity contribution is -0.186. The zero-order valence-corrected chi connectivity index (χ0v) is 12.9. The zero-order valence-electron chi connectivity index (χ0n) is 10.8. The van der Waals surface area contributed by atoms with Gasteiger partial charge in [0, 0.05) is 16.7 Å². The van der Waals surface area contributed by atoms with Crippen molar-refractivity contribution in [3.63, 3.8) is 0 Å². The minimum Gasteiger partial charge on any atom is -0.342 e. The van der Waals surface area contributed by atoms with Crippen LogP contribution in [-0.2, 0) is 11.2 Å². The maximum Gasteiger partial charge on any atom is 0.391 e. The number of piperidine rings is 1. The van der Waals surface area contributed by atoms with E-state index >= 15 is 0 Å². The van der Waals surface area contributed by atoms with E-state index in [4.69, 9.17) is 0 Å². The quantitative estimate of drug-likeness (QED) is 0.699. The van der Waals surface area contributed by atoms with Crippen molar-refractivity contribution in [1.82, 2.24) is 4.90 Å². The molecule has 0 unspecified atom stereocenters. The Morgan fingerprint density at radius 3 is 2.25 bits per heavy atom. The second-order valence-corrected chi connectivity index (χ2v) is 6.25. The third-order valence-electron chi connectivity index (χ3n) is 3.58. The van der Waals surface area contributed by atoms with E-state index in [1.54, 1.807) is 4.90 Å². The number of nitrogens with zero attached hydrogens (tertiary/aromatic N) is 1. The SMILES string of the molecule is O=C(Cc1ccc(I)cc1)N1CCC(C(F)(F)F)CC1. The van der Waals surface area contributed by atoms with Crippen molar-refractivity contribution in [2.75, 3.05) is 13.1 Å². The number of amides is 1. The molecule has 1 aliphatic heterocycles. The van der Waals surface area contributed by atoms with Crippen LogP contribution in [0.2, 0.25) is 0 Å². The van der Waals surface area contributed by atoms with Gasteiger partial charge in [0.1, 0.15) is 0 Å². The van der Waals surface area contributed by atoms with Crippen LogP contribution in [0.4, 0.5) is 13.2 Å². The third-order valence-corrected chi connectivity index (χ3v) is 4.30. The van der Waals surface area contributed by atoms with Crippen molar-refractivity contribution in [3.05, 3.63) is 33.4 Å². The molecule has 1 heterocycles. The Morgan fingerprint density at radius 1 is 1.20 bits per heavy atom. The number of benzene rings is 1. The highest BCUT2D eigenvalue weighted by molar-refractivity contribution is 14.1. The van der Waals surface area contributed by atoms with E-state index < -0.39 is 12.1 Å². The maximum absolute atomic E-state index is 12.5. The van der Waals surface area contributed by atoms with Crippen molar-refractivity contribution in [2.24, 2.45) is 5.92 Å². The van der Waals surface area contributed by atoms with E-state index in [0.29, 0.717) is 0 Å². The molecule has 0 spiro atoms. The zero-order chi connectivity index (χ0) is 14.8. The molecular formula is C14H15F3INO. The summed E-state index contributed by atoms with van der Waals surface area (Å²) >= 11 is 2.18. The number of likely N-dealkylation sites (tertiary alicyclic amines) is 1. The molecule has 2 rings (SSSR count). The summed E-state index contributed by atoms with van der Waals surface area (Å²) in [5.74, 6) is -1.35. The lowest BCUT2D eigenvalue weighted by atomic mass is 9.96. The largest absolute Gasteiger partial charge is 0.391 e. The summed E-state index contributed by atoms with van der Waals surface area (Å²) in [5.41, 5.74) is 0.897. The summed E-state index contributed by atoms with van der Waals surface area (Å²) in [4.78, 5) is 13.6. The molecule has 0 aromatic heterocycles. The fraction of sp³-hybridized carbons (Fsp3) is 0.500. The van der Waals surface area contributed by atoms with E-state index in [9.17, 15) is 18.0 Å². The average molecular weight is 397 g/mol. The van der Waals surface area contributed by atoms with Gasteiger partial charge in [-0.2, -0.15) is 13.2 Å². The molecule has 0 atom stereocenters. The summed E-state index contributed by atoms with van der Waals surface area (Å²) in [7, 11) is 0. The van der Waals surface area contributed by atoms with Gasteiger partial charge in [0.25, 0.3) is 0 Å². The Kier molecular flexibility index (Phi) is 4.93. The topological polar surface area (TPSA) is 20.3 Å². The maximum atomic E-state index is 12.5. The van der Waals surface area contributed by atoms with Crippen LogP contribution in [0.5, 0.6) is 0 Å². The second-order valence-electron chi connectivity index (χ2n) is 5.00. The van der Waals surface area contributed by atoms with Gasteiger partial charge in [0.2, 0.25) is 5.91 Å².